The number of hydrogen-bond acceptors (Lipinski definition) is 8. The molecule has 0 radical (unpaired) electrons. The number of para-hydroxylation sites is 1. The number of carbonyl (C=O) groups is 3. The Morgan fingerprint density at radius 3 is 2.24 bits per heavy atom. The smallest absolute Gasteiger partial charge is 0.308 e. The lowest BCUT2D eigenvalue weighted by atomic mass is 9.83. The SMILES string of the molecule is NS(=O)(=O)c1ccc(NC(=O)Cn2c3c(sc2=O)[C@@H](c2ccc(Cl)cc2)[C@@H]2C(=O)N(c4ccccc4)C(=O)[C@@H]2S3)cc1. The van der Waals surface area contributed by atoms with Crippen LogP contribution < -0.4 is 20.2 Å². The maximum atomic E-state index is 13.8. The molecule has 0 unspecified atom stereocenters. The molecular weight excluding hydrogens is 620 g/mol. The Morgan fingerprint density at radius 2 is 1.60 bits per heavy atom. The molecule has 3 atom stereocenters. The number of sulfonamides is 1. The van der Waals surface area contributed by atoms with Crippen molar-refractivity contribution in [2.24, 2.45) is 11.1 Å². The molecule has 0 spiro atoms. The molecule has 0 saturated carbocycles. The lowest BCUT2D eigenvalue weighted by molar-refractivity contribution is -0.122. The highest BCUT2D eigenvalue weighted by Gasteiger charge is 2.56. The molecule has 2 aliphatic rings. The number of imide groups is 1. The molecule has 0 bridgehead atoms. The van der Waals surface area contributed by atoms with Gasteiger partial charge in [0.05, 0.1) is 21.5 Å². The molecule has 0 aliphatic carbocycles. The van der Waals surface area contributed by atoms with Crippen molar-refractivity contribution in [3.05, 3.63) is 104 Å². The summed E-state index contributed by atoms with van der Waals surface area (Å²) < 4.78 is 24.3. The molecule has 214 valence electrons. The fourth-order valence-electron chi connectivity index (χ4n) is 5.19. The van der Waals surface area contributed by atoms with E-state index in [0.29, 0.717) is 26.3 Å². The number of carbonyl (C=O) groups excluding carboxylic acids is 3. The molecular formula is C28H21ClN4O6S3. The number of nitrogens with one attached hydrogen (secondary N) is 1. The van der Waals surface area contributed by atoms with Gasteiger partial charge in [-0.05, 0) is 54.1 Å². The van der Waals surface area contributed by atoms with Crippen LogP contribution in [0.1, 0.15) is 16.4 Å². The Hall–Kier alpha value is -3.75. The van der Waals surface area contributed by atoms with Crippen molar-refractivity contribution in [3.8, 4) is 0 Å². The number of rotatable bonds is 6. The summed E-state index contributed by atoms with van der Waals surface area (Å²) in [5.74, 6) is -2.67. The van der Waals surface area contributed by atoms with E-state index in [2.05, 4.69) is 5.32 Å². The molecule has 1 fully saturated rings. The van der Waals surface area contributed by atoms with E-state index in [1.807, 2.05) is 0 Å². The van der Waals surface area contributed by atoms with Crippen molar-refractivity contribution < 1.29 is 22.8 Å². The Balaban J connectivity index is 1.36. The number of thioether (sulfide) groups is 1. The van der Waals surface area contributed by atoms with Crippen LogP contribution in [0.5, 0.6) is 0 Å². The average Bonchev–Trinajstić information content (AvgIpc) is 3.40. The van der Waals surface area contributed by atoms with Gasteiger partial charge in [-0.3, -0.25) is 23.7 Å². The van der Waals surface area contributed by atoms with Gasteiger partial charge in [-0.2, -0.15) is 0 Å². The summed E-state index contributed by atoms with van der Waals surface area (Å²) in [4.78, 5) is 55.1. The summed E-state index contributed by atoms with van der Waals surface area (Å²) >= 11 is 8.19. The predicted octanol–water partition coefficient (Wildman–Crippen LogP) is 3.65. The van der Waals surface area contributed by atoms with Gasteiger partial charge in [-0.25, -0.2) is 18.5 Å². The topological polar surface area (TPSA) is 149 Å². The molecule has 10 nitrogen and oxygen atoms in total. The number of benzene rings is 3. The van der Waals surface area contributed by atoms with Gasteiger partial charge in [0.1, 0.15) is 11.8 Å². The lowest BCUT2D eigenvalue weighted by Gasteiger charge is -2.30. The lowest BCUT2D eigenvalue weighted by Crippen LogP contribution is -2.33. The number of anilines is 2. The molecule has 6 rings (SSSR count). The highest BCUT2D eigenvalue weighted by atomic mass is 35.5. The van der Waals surface area contributed by atoms with Crippen LogP contribution in [-0.2, 0) is 31.0 Å². The molecule has 4 aromatic rings. The van der Waals surface area contributed by atoms with Crippen LogP contribution in [0.15, 0.2) is 93.6 Å². The molecule has 3 heterocycles. The Labute approximate surface area is 253 Å². The van der Waals surface area contributed by atoms with Crippen LogP contribution in [0.25, 0.3) is 0 Å². The highest BCUT2D eigenvalue weighted by Crippen LogP contribution is 2.53. The Bertz CT molecular complexity index is 1890. The van der Waals surface area contributed by atoms with Gasteiger partial charge in [0, 0.05) is 21.5 Å². The number of primary sulfonamides is 1. The van der Waals surface area contributed by atoms with Crippen molar-refractivity contribution in [3.63, 3.8) is 0 Å². The summed E-state index contributed by atoms with van der Waals surface area (Å²) in [6.45, 7) is -0.357. The van der Waals surface area contributed by atoms with Gasteiger partial charge in [-0.1, -0.05) is 65.0 Å². The van der Waals surface area contributed by atoms with E-state index in [1.165, 1.54) is 33.7 Å². The van der Waals surface area contributed by atoms with E-state index in [1.54, 1.807) is 54.6 Å². The summed E-state index contributed by atoms with van der Waals surface area (Å²) in [5, 5.41) is 7.90. The third-order valence-corrected chi connectivity index (χ3v) is 10.8. The number of nitrogens with zero attached hydrogens (tertiary/aromatic N) is 2. The van der Waals surface area contributed by atoms with E-state index >= 15 is 0 Å². The fourth-order valence-corrected chi connectivity index (χ4v) is 8.60. The van der Waals surface area contributed by atoms with Crippen LogP contribution in [0.2, 0.25) is 5.02 Å². The average molecular weight is 641 g/mol. The van der Waals surface area contributed by atoms with Crippen LogP contribution in [-0.4, -0.2) is 36.0 Å². The number of nitrogens with two attached hydrogens (primary N) is 1. The summed E-state index contributed by atoms with van der Waals surface area (Å²) in [7, 11) is -3.89. The van der Waals surface area contributed by atoms with Gasteiger partial charge < -0.3 is 5.32 Å². The maximum Gasteiger partial charge on any atom is 0.308 e. The third-order valence-electron chi connectivity index (χ3n) is 7.06. The minimum atomic E-state index is -3.89. The van der Waals surface area contributed by atoms with Crippen molar-refractivity contribution in [2.75, 3.05) is 10.2 Å². The first kappa shape index (κ1) is 28.4. The molecule has 1 saturated heterocycles. The Morgan fingerprint density at radius 1 is 0.929 bits per heavy atom. The minimum absolute atomic E-state index is 0.108. The van der Waals surface area contributed by atoms with E-state index in [9.17, 15) is 27.6 Å². The van der Waals surface area contributed by atoms with Crippen molar-refractivity contribution in [1.29, 1.82) is 0 Å². The normalized spacial score (nSPS) is 19.9. The van der Waals surface area contributed by atoms with E-state index < -0.39 is 43.8 Å². The molecule has 14 heteroatoms. The largest absolute Gasteiger partial charge is 0.325 e. The molecule has 42 heavy (non-hydrogen) atoms. The zero-order valence-electron chi connectivity index (χ0n) is 21.5. The van der Waals surface area contributed by atoms with Gasteiger partial charge >= 0.3 is 4.87 Å². The van der Waals surface area contributed by atoms with Gasteiger partial charge in [0.2, 0.25) is 27.7 Å². The first-order chi connectivity index (χ1) is 20.0. The number of aromatic nitrogens is 1. The second-order valence-corrected chi connectivity index (χ2v) is 13.8. The standard InChI is InChI=1S/C28H21ClN4O6S3/c29-16-8-6-15(7-9-16)21-22-23(26(36)33(25(22)35)18-4-2-1-3-5-18)40-27-24(21)41-28(37)32(27)14-20(34)31-17-10-12-19(13-11-17)42(30,38)39/h1-13,21-23H,14H2,(H,31,34)(H2,30,38,39)/t21-,22-,23+/m0/s1. The number of amides is 3. The van der Waals surface area contributed by atoms with Gasteiger partial charge in [0.25, 0.3) is 0 Å². The second-order valence-electron chi connectivity index (χ2n) is 9.68. The maximum absolute atomic E-state index is 13.8. The number of hydrogen-bond donors (Lipinski definition) is 2. The van der Waals surface area contributed by atoms with E-state index in [0.717, 1.165) is 28.7 Å². The minimum Gasteiger partial charge on any atom is -0.325 e. The van der Waals surface area contributed by atoms with Crippen LogP contribution >= 0.6 is 34.7 Å². The first-order valence-electron chi connectivity index (χ1n) is 12.5. The second kappa shape index (κ2) is 10.8. The fraction of sp³-hybridized carbons (Fsp3) is 0.143. The van der Waals surface area contributed by atoms with Crippen LogP contribution in [0.4, 0.5) is 11.4 Å². The first-order valence-corrected chi connectivity index (χ1v) is 16.2. The molecule has 3 aromatic carbocycles. The quantitative estimate of drug-likeness (QED) is 0.306. The number of thiazole rings is 1. The number of halogens is 1. The molecule has 2 aliphatic heterocycles. The number of fused-ring (bicyclic) bond motifs is 2. The highest BCUT2D eigenvalue weighted by molar-refractivity contribution is 8.00. The third kappa shape index (κ3) is 5.07. The Kier molecular flexibility index (Phi) is 7.31. The van der Waals surface area contributed by atoms with E-state index in [-0.39, 0.29) is 17.3 Å². The van der Waals surface area contributed by atoms with Crippen molar-refractivity contribution in [2.45, 2.75) is 27.6 Å². The van der Waals surface area contributed by atoms with Crippen LogP contribution in [0, 0.1) is 5.92 Å². The van der Waals surface area contributed by atoms with Crippen molar-refractivity contribution >= 4 is 73.8 Å². The zero-order valence-corrected chi connectivity index (χ0v) is 24.7. The van der Waals surface area contributed by atoms with Crippen LogP contribution in [0.3, 0.4) is 0 Å². The summed E-state index contributed by atoms with van der Waals surface area (Å²) in [6, 6.07) is 20.9. The molecule has 3 N–H and O–H groups in total. The summed E-state index contributed by atoms with van der Waals surface area (Å²) in [6.07, 6.45) is 0. The monoisotopic (exact) mass is 640 g/mol. The van der Waals surface area contributed by atoms with Crippen molar-refractivity contribution in [1.82, 2.24) is 4.57 Å². The summed E-state index contributed by atoms with van der Waals surface area (Å²) in [5.41, 5.74) is 1.50. The predicted molar refractivity (Wildman–Crippen MR) is 160 cm³/mol. The molecule has 3 amide bonds. The molecule has 1 aromatic heterocycles. The van der Waals surface area contributed by atoms with Gasteiger partial charge in [-0.15, -0.1) is 0 Å². The zero-order chi connectivity index (χ0) is 29.8. The van der Waals surface area contributed by atoms with Gasteiger partial charge in [0.15, 0.2) is 0 Å². The van der Waals surface area contributed by atoms with E-state index in [4.69, 9.17) is 16.7 Å².